The number of halogens is 5. The Balaban J connectivity index is 1.39. The van der Waals surface area contributed by atoms with Gasteiger partial charge in [-0.05, 0) is 67.1 Å². The third-order valence-corrected chi connectivity index (χ3v) is 7.85. The second-order valence-electron chi connectivity index (χ2n) is 10.3. The van der Waals surface area contributed by atoms with E-state index < -0.39 is 23.4 Å². The maximum Gasteiger partial charge on any atom is 0.458 e. The predicted octanol–water partition coefficient (Wildman–Crippen LogP) is 9.32. The minimum atomic E-state index is -4.77. The molecule has 5 heteroatoms. The summed E-state index contributed by atoms with van der Waals surface area (Å²) >= 11 is 0. The maximum atomic E-state index is 14.2. The van der Waals surface area contributed by atoms with Crippen molar-refractivity contribution in [3.63, 3.8) is 0 Å². The molecule has 0 aliphatic heterocycles. The van der Waals surface area contributed by atoms with Gasteiger partial charge < -0.3 is 0 Å². The highest BCUT2D eigenvalue weighted by atomic mass is 19.4. The summed E-state index contributed by atoms with van der Waals surface area (Å²) in [5.74, 6) is 3.15. The van der Waals surface area contributed by atoms with Crippen LogP contribution in [0.25, 0.3) is 0 Å². The van der Waals surface area contributed by atoms with Crippen molar-refractivity contribution in [2.75, 3.05) is 0 Å². The van der Waals surface area contributed by atoms with Gasteiger partial charge in [0.15, 0.2) is 0 Å². The Bertz CT molecular complexity index is 777. The molecule has 0 heterocycles. The number of benzene rings is 1. The molecule has 0 spiro atoms. The number of hydrogen-bond donors (Lipinski definition) is 0. The summed E-state index contributed by atoms with van der Waals surface area (Å²) in [7, 11) is 0. The average Bonchev–Trinajstić information content (AvgIpc) is 2.77. The van der Waals surface area contributed by atoms with Crippen LogP contribution >= 0.6 is 0 Å². The Hall–Kier alpha value is -1.57. The number of rotatable bonds is 8. The SMILES string of the molecule is CCCC1CCC(CCCCC2CCC(c3cc(F)c(C#CC(F)(F)F)c(F)c3)CC2)CC1. The van der Waals surface area contributed by atoms with Gasteiger partial charge in [0, 0.05) is 5.92 Å². The topological polar surface area (TPSA) is 0 Å². The second-order valence-corrected chi connectivity index (χ2v) is 10.3. The van der Waals surface area contributed by atoms with Crippen LogP contribution in [0.3, 0.4) is 0 Å². The Morgan fingerprint density at radius 3 is 1.67 bits per heavy atom. The van der Waals surface area contributed by atoms with Crippen molar-refractivity contribution in [1.82, 2.24) is 0 Å². The lowest BCUT2D eigenvalue weighted by molar-refractivity contribution is -0.0696. The predicted molar refractivity (Wildman–Crippen MR) is 123 cm³/mol. The average molecular weight is 469 g/mol. The molecular weight excluding hydrogens is 431 g/mol. The van der Waals surface area contributed by atoms with E-state index in [1.165, 1.54) is 76.3 Å². The van der Waals surface area contributed by atoms with E-state index in [1.54, 1.807) is 5.92 Å². The lowest BCUT2D eigenvalue weighted by atomic mass is 9.76. The van der Waals surface area contributed by atoms with Gasteiger partial charge in [-0.1, -0.05) is 77.1 Å². The molecule has 0 aromatic heterocycles. The van der Waals surface area contributed by atoms with Crippen molar-refractivity contribution in [2.24, 2.45) is 17.8 Å². The van der Waals surface area contributed by atoms with Gasteiger partial charge in [-0.15, -0.1) is 0 Å². The minimum absolute atomic E-state index is 0.0631. The normalized spacial score (nSPS) is 26.0. The van der Waals surface area contributed by atoms with Crippen molar-refractivity contribution < 1.29 is 22.0 Å². The van der Waals surface area contributed by atoms with Crippen LogP contribution in [0.15, 0.2) is 12.1 Å². The van der Waals surface area contributed by atoms with Gasteiger partial charge in [-0.2, -0.15) is 13.2 Å². The summed E-state index contributed by atoms with van der Waals surface area (Å²) in [4.78, 5) is 0. The molecule has 2 fully saturated rings. The zero-order valence-electron chi connectivity index (χ0n) is 19.8. The molecule has 0 N–H and O–H groups in total. The molecule has 2 aliphatic carbocycles. The maximum absolute atomic E-state index is 14.2. The molecule has 0 amide bonds. The van der Waals surface area contributed by atoms with Crippen molar-refractivity contribution in [1.29, 1.82) is 0 Å². The number of unbranched alkanes of at least 4 members (excludes halogenated alkanes) is 1. The van der Waals surface area contributed by atoms with Gasteiger partial charge in [0.05, 0.1) is 5.56 Å². The van der Waals surface area contributed by atoms with Gasteiger partial charge in [0.25, 0.3) is 0 Å². The lowest BCUT2D eigenvalue weighted by Gasteiger charge is -2.30. The molecule has 0 atom stereocenters. The molecule has 0 unspecified atom stereocenters. The number of hydrogen-bond acceptors (Lipinski definition) is 0. The first kappa shape index (κ1) is 26.0. The van der Waals surface area contributed by atoms with Gasteiger partial charge >= 0.3 is 6.18 Å². The quantitative estimate of drug-likeness (QED) is 0.203. The van der Waals surface area contributed by atoms with Crippen LogP contribution in [0.4, 0.5) is 22.0 Å². The molecule has 0 saturated heterocycles. The highest BCUT2D eigenvalue weighted by Crippen LogP contribution is 2.39. The Labute approximate surface area is 195 Å². The lowest BCUT2D eigenvalue weighted by Crippen LogP contribution is -2.15. The first-order chi connectivity index (χ1) is 15.7. The molecule has 0 nitrogen and oxygen atoms in total. The molecule has 1 aromatic carbocycles. The molecule has 0 bridgehead atoms. The fraction of sp³-hybridized carbons (Fsp3) is 0.714. The van der Waals surface area contributed by atoms with E-state index in [2.05, 4.69) is 6.92 Å². The summed E-state index contributed by atoms with van der Waals surface area (Å²) in [6.45, 7) is 2.28. The van der Waals surface area contributed by atoms with Gasteiger partial charge in [0.1, 0.15) is 11.6 Å². The third-order valence-electron chi connectivity index (χ3n) is 7.85. The standard InChI is InChI=1S/C28H37F5/c1-2-5-20-8-10-21(11-9-20)6-3-4-7-22-12-14-23(15-13-22)24-18-26(29)25(27(30)19-24)16-17-28(31,32)33/h18-23H,2-15H2,1H3. The molecule has 33 heavy (non-hydrogen) atoms. The van der Waals surface area contributed by atoms with E-state index in [4.69, 9.17) is 0 Å². The molecule has 2 saturated carbocycles. The van der Waals surface area contributed by atoms with Gasteiger partial charge in [0.2, 0.25) is 0 Å². The largest absolute Gasteiger partial charge is 0.458 e. The zero-order valence-corrected chi connectivity index (χ0v) is 19.8. The van der Waals surface area contributed by atoms with Crippen LogP contribution < -0.4 is 0 Å². The van der Waals surface area contributed by atoms with Crippen molar-refractivity contribution in [3.05, 3.63) is 34.9 Å². The zero-order chi connectivity index (χ0) is 23.8. The van der Waals surface area contributed by atoms with Crippen molar-refractivity contribution in [2.45, 2.75) is 109 Å². The first-order valence-electron chi connectivity index (χ1n) is 12.8. The fourth-order valence-corrected chi connectivity index (χ4v) is 5.95. The molecule has 3 rings (SSSR count). The molecular formula is C28H37F5. The van der Waals surface area contributed by atoms with Crippen LogP contribution in [0.2, 0.25) is 0 Å². The third kappa shape index (κ3) is 8.30. The Morgan fingerprint density at radius 2 is 1.21 bits per heavy atom. The van der Waals surface area contributed by atoms with Crippen molar-refractivity contribution >= 4 is 0 Å². The summed E-state index contributed by atoms with van der Waals surface area (Å²) in [5.41, 5.74) is -0.261. The van der Waals surface area contributed by atoms with Crippen LogP contribution in [0, 0.1) is 41.2 Å². The van der Waals surface area contributed by atoms with Crippen LogP contribution in [-0.4, -0.2) is 6.18 Å². The second kappa shape index (κ2) is 12.2. The van der Waals surface area contributed by atoms with Crippen LogP contribution in [0.1, 0.15) is 114 Å². The monoisotopic (exact) mass is 468 g/mol. The fourth-order valence-electron chi connectivity index (χ4n) is 5.95. The van der Waals surface area contributed by atoms with Crippen LogP contribution in [-0.2, 0) is 0 Å². The Kier molecular flexibility index (Phi) is 9.65. The van der Waals surface area contributed by atoms with E-state index >= 15 is 0 Å². The molecule has 2 aliphatic rings. The van der Waals surface area contributed by atoms with Gasteiger partial charge in [-0.25, -0.2) is 8.78 Å². The van der Waals surface area contributed by atoms with Crippen molar-refractivity contribution in [3.8, 4) is 11.8 Å². The Morgan fingerprint density at radius 1 is 0.758 bits per heavy atom. The minimum Gasteiger partial charge on any atom is -0.206 e. The first-order valence-corrected chi connectivity index (χ1v) is 12.8. The summed E-state index contributed by atoms with van der Waals surface area (Å²) in [6, 6.07) is 2.34. The summed E-state index contributed by atoms with van der Waals surface area (Å²) in [6.07, 6.45) is 12.6. The van der Waals surface area contributed by atoms with E-state index in [0.29, 0.717) is 11.5 Å². The number of alkyl halides is 3. The van der Waals surface area contributed by atoms with E-state index in [1.807, 2.05) is 0 Å². The van der Waals surface area contributed by atoms with E-state index in [0.717, 1.165) is 43.4 Å². The molecule has 184 valence electrons. The highest BCUT2D eigenvalue weighted by molar-refractivity contribution is 5.40. The highest BCUT2D eigenvalue weighted by Gasteiger charge is 2.26. The van der Waals surface area contributed by atoms with Crippen LogP contribution in [0.5, 0.6) is 0 Å². The van der Waals surface area contributed by atoms with E-state index in [-0.39, 0.29) is 5.92 Å². The smallest absolute Gasteiger partial charge is 0.206 e. The van der Waals surface area contributed by atoms with Gasteiger partial charge in [-0.3, -0.25) is 0 Å². The summed E-state index contributed by atoms with van der Waals surface area (Å²) < 4.78 is 65.2. The molecule has 0 radical (unpaired) electrons. The van der Waals surface area contributed by atoms with E-state index in [9.17, 15) is 22.0 Å². The molecule has 1 aromatic rings. The summed E-state index contributed by atoms with van der Waals surface area (Å²) in [5, 5.41) is 0.